The van der Waals surface area contributed by atoms with E-state index in [0.29, 0.717) is 17.9 Å². The van der Waals surface area contributed by atoms with E-state index in [1.54, 1.807) is 26.0 Å². The number of esters is 1. The van der Waals surface area contributed by atoms with Crippen molar-refractivity contribution in [2.24, 2.45) is 0 Å². The fourth-order valence-electron chi connectivity index (χ4n) is 2.28. The molecule has 1 aromatic carbocycles. The minimum Gasteiger partial charge on any atom is -0.453 e. The summed E-state index contributed by atoms with van der Waals surface area (Å²) in [6, 6.07) is 7.41. The van der Waals surface area contributed by atoms with Gasteiger partial charge in [0.15, 0.2) is 6.10 Å². The monoisotopic (exact) mass is 330 g/mol. The van der Waals surface area contributed by atoms with Crippen LogP contribution in [0.5, 0.6) is 0 Å². The molecule has 0 saturated heterocycles. The third-order valence-corrected chi connectivity index (χ3v) is 3.76. The zero-order chi connectivity index (χ0) is 17.7. The van der Waals surface area contributed by atoms with Gasteiger partial charge in [-0.3, -0.25) is 9.59 Å². The van der Waals surface area contributed by atoms with Crippen LogP contribution in [-0.4, -0.2) is 23.1 Å². The molecule has 0 aliphatic heterocycles. The molecule has 0 aliphatic rings. The number of ether oxygens (including phenoxy) is 1. The SMILES string of the molecule is Cc1ccc(NC(=O)[C@@H](C)OC(=O)CCc2c(C)noc2C)cc1. The van der Waals surface area contributed by atoms with Gasteiger partial charge in [-0.1, -0.05) is 22.9 Å². The molecular formula is C18H22N2O4. The predicted octanol–water partition coefficient (Wildman–Crippen LogP) is 3.10. The van der Waals surface area contributed by atoms with Crippen molar-refractivity contribution in [2.45, 2.75) is 46.6 Å². The van der Waals surface area contributed by atoms with Crippen LogP contribution in [0.15, 0.2) is 28.8 Å². The van der Waals surface area contributed by atoms with E-state index in [2.05, 4.69) is 10.5 Å². The van der Waals surface area contributed by atoms with Crippen LogP contribution in [0.3, 0.4) is 0 Å². The zero-order valence-corrected chi connectivity index (χ0v) is 14.4. The van der Waals surface area contributed by atoms with Crippen LogP contribution < -0.4 is 5.32 Å². The molecule has 6 nitrogen and oxygen atoms in total. The van der Waals surface area contributed by atoms with E-state index in [9.17, 15) is 9.59 Å². The quantitative estimate of drug-likeness (QED) is 0.823. The van der Waals surface area contributed by atoms with Gasteiger partial charge in [-0.05, 0) is 46.2 Å². The maximum absolute atomic E-state index is 12.1. The van der Waals surface area contributed by atoms with Crippen molar-refractivity contribution >= 4 is 17.6 Å². The smallest absolute Gasteiger partial charge is 0.306 e. The molecule has 0 aliphatic carbocycles. The second-order valence-electron chi connectivity index (χ2n) is 5.79. The molecule has 6 heteroatoms. The van der Waals surface area contributed by atoms with Gasteiger partial charge in [0, 0.05) is 17.7 Å². The number of anilines is 1. The molecule has 1 amide bonds. The highest BCUT2D eigenvalue weighted by molar-refractivity contribution is 5.95. The van der Waals surface area contributed by atoms with E-state index in [4.69, 9.17) is 9.26 Å². The van der Waals surface area contributed by atoms with E-state index in [-0.39, 0.29) is 12.3 Å². The number of benzene rings is 1. The Morgan fingerprint density at radius 1 is 1.21 bits per heavy atom. The average molecular weight is 330 g/mol. The Labute approximate surface area is 141 Å². The summed E-state index contributed by atoms with van der Waals surface area (Å²) in [4.78, 5) is 24.0. The predicted molar refractivity (Wildman–Crippen MR) is 89.7 cm³/mol. The maximum Gasteiger partial charge on any atom is 0.306 e. The summed E-state index contributed by atoms with van der Waals surface area (Å²) in [5.74, 6) is -0.0865. The summed E-state index contributed by atoms with van der Waals surface area (Å²) < 4.78 is 10.2. The Hall–Kier alpha value is -2.63. The number of amides is 1. The standard InChI is InChI=1S/C18H22N2O4/c1-11-5-7-15(8-6-11)19-18(22)14(4)23-17(21)10-9-16-12(2)20-24-13(16)3/h5-8,14H,9-10H2,1-4H3,(H,19,22)/t14-/m1/s1. The van der Waals surface area contributed by atoms with Gasteiger partial charge in [0.05, 0.1) is 5.69 Å². The van der Waals surface area contributed by atoms with E-state index < -0.39 is 12.1 Å². The summed E-state index contributed by atoms with van der Waals surface area (Å²) in [7, 11) is 0. The highest BCUT2D eigenvalue weighted by Crippen LogP contribution is 2.15. The Kier molecular flexibility index (Phi) is 5.73. The molecule has 1 aromatic heterocycles. The first kappa shape index (κ1) is 17.7. The Balaban J connectivity index is 1.82. The third-order valence-electron chi connectivity index (χ3n) is 3.76. The number of carbonyl (C=O) groups is 2. The first-order valence-corrected chi connectivity index (χ1v) is 7.85. The summed E-state index contributed by atoms with van der Waals surface area (Å²) in [5.41, 5.74) is 3.45. The maximum atomic E-state index is 12.1. The second kappa shape index (κ2) is 7.77. The third kappa shape index (κ3) is 4.68. The van der Waals surface area contributed by atoms with Crippen LogP contribution in [0.4, 0.5) is 5.69 Å². The van der Waals surface area contributed by atoms with Crippen LogP contribution in [-0.2, 0) is 20.7 Å². The van der Waals surface area contributed by atoms with Gasteiger partial charge in [-0.25, -0.2) is 0 Å². The number of hydrogen-bond acceptors (Lipinski definition) is 5. The summed E-state index contributed by atoms with van der Waals surface area (Å²) in [6.45, 7) is 7.15. The van der Waals surface area contributed by atoms with E-state index in [1.165, 1.54) is 0 Å². The van der Waals surface area contributed by atoms with Crippen molar-refractivity contribution < 1.29 is 18.8 Å². The van der Waals surface area contributed by atoms with Gasteiger partial charge in [-0.15, -0.1) is 0 Å². The molecule has 2 aromatic rings. The van der Waals surface area contributed by atoms with E-state index in [0.717, 1.165) is 16.8 Å². The van der Waals surface area contributed by atoms with Crippen LogP contribution in [0.1, 0.15) is 35.9 Å². The fourth-order valence-corrected chi connectivity index (χ4v) is 2.28. The Bertz CT molecular complexity index is 700. The second-order valence-corrected chi connectivity index (χ2v) is 5.79. The summed E-state index contributed by atoms with van der Waals surface area (Å²) in [5, 5.41) is 6.57. The van der Waals surface area contributed by atoms with Crippen LogP contribution >= 0.6 is 0 Å². The lowest BCUT2D eigenvalue weighted by Gasteiger charge is -2.13. The number of nitrogens with one attached hydrogen (secondary N) is 1. The van der Waals surface area contributed by atoms with Crippen molar-refractivity contribution in [1.29, 1.82) is 0 Å². The highest BCUT2D eigenvalue weighted by Gasteiger charge is 2.19. The Morgan fingerprint density at radius 3 is 2.46 bits per heavy atom. The first-order valence-electron chi connectivity index (χ1n) is 7.85. The number of aromatic nitrogens is 1. The lowest BCUT2D eigenvalue weighted by Crippen LogP contribution is -2.30. The Morgan fingerprint density at radius 2 is 1.88 bits per heavy atom. The summed E-state index contributed by atoms with van der Waals surface area (Å²) in [6.07, 6.45) is -0.208. The highest BCUT2D eigenvalue weighted by atomic mass is 16.5. The fraction of sp³-hybridized carbons (Fsp3) is 0.389. The number of rotatable bonds is 6. The average Bonchev–Trinajstić information content (AvgIpc) is 2.86. The largest absolute Gasteiger partial charge is 0.453 e. The minimum absolute atomic E-state index is 0.172. The molecule has 24 heavy (non-hydrogen) atoms. The van der Waals surface area contributed by atoms with Crippen molar-refractivity contribution in [1.82, 2.24) is 5.16 Å². The van der Waals surface area contributed by atoms with Gasteiger partial charge in [-0.2, -0.15) is 0 Å². The van der Waals surface area contributed by atoms with Crippen molar-refractivity contribution in [3.63, 3.8) is 0 Å². The zero-order valence-electron chi connectivity index (χ0n) is 14.4. The number of aryl methyl sites for hydroxylation is 3. The van der Waals surface area contributed by atoms with E-state index >= 15 is 0 Å². The molecule has 0 saturated carbocycles. The molecule has 0 unspecified atom stereocenters. The molecule has 1 atom stereocenters. The molecule has 128 valence electrons. The van der Waals surface area contributed by atoms with Crippen LogP contribution in [0.25, 0.3) is 0 Å². The number of hydrogen-bond donors (Lipinski definition) is 1. The molecule has 0 bridgehead atoms. The van der Waals surface area contributed by atoms with Gasteiger partial charge in [0.2, 0.25) is 0 Å². The molecular weight excluding hydrogens is 308 g/mol. The van der Waals surface area contributed by atoms with Gasteiger partial charge in [0.25, 0.3) is 5.91 Å². The van der Waals surface area contributed by atoms with Gasteiger partial charge >= 0.3 is 5.97 Å². The van der Waals surface area contributed by atoms with Crippen LogP contribution in [0, 0.1) is 20.8 Å². The topological polar surface area (TPSA) is 81.4 Å². The van der Waals surface area contributed by atoms with E-state index in [1.807, 2.05) is 26.0 Å². The molecule has 1 N–H and O–H groups in total. The van der Waals surface area contributed by atoms with Gasteiger partial charge in [0.1, 0.15) is 5.76 Å². The normalized spacial score (nSPS) is 11.8. The molecule has 1 heterocycles. The number of nitrogens with zero attached hydrogens (tertiary/aromatic N) is 1. The molecule has 0 fully saturated rings. The molecule has 2 rings (SSSR count). The lowest BCUT2D eigenvalue weighted by atomic mass is 10.1. The van der Waals surface area contributed by atoms with Gasteiger partial charge < -0.3 is 14.6 Å². The summed E-state index contributed by atoms with van der Waals surface area (Å²) >= 11 is 0. The van der Waals surface area contributed by atoms with Crippen LogP contribution in [0.2, 0.25) is 0 Å². The van der Waals surface area contributed by atoms with Crippen molar-refractivity contribution in [3.05, 3.63) is 46.8 Å². The number of carbonyl (C=O) groups excluding carboxylic acids is 2. The first-order chi connectivity index (χ1) is 11.4. The molecule has 0 spiro atoms. The van der Waals surface area contributed by atoms with Crippen molar-refractivity contribution in [3.8, 4) is 0 Å². The van der Waals surface area contributed by atoms with Crippen molar-refractivity contribution in [2.75, 3.05) is 5.32 Å². The minimum atomic E-state index is -0.858. The molecule has 0 radical (unpaired) electrons. The lowest BCUT2D eigenvalue weighted by molar-refractivity contribution is -0.153.